The molecule has 3 N–H and O–H groups in total. The zero-order valence-electron chi connectivity index (χ0n) is 2.94. The number of hydrogen-bond acceptors (Lipinski definition) is 2. The van der Waals surface area contributed by atoms with Gasteiger partial charge < -0.3 is 0 Å². The van der Waals surface area contributed by atoms with Crippen molar-refractivity contribution >= 4 is 16.2 Å². The van der Waals surface area contributed by atoms with Gasteiger partial charge in [-0.3, -0.25) is 0 Å². The third kappa shape index (κ3) is 4.44. The van der Waals surface area contributed by atoms with Crippen LogP contribution in [0, 0.1) is 0 Å². The monoisotopic (exact) mass is 140 g/mol. The summed E-state index contributed by atoms with van der Waals surface area (Å²) in [7, 11) is 0. The van der Waals surface area contributed by atoms with E-state index >= 15 is 0 Å². The Labute approximate surface area is 40.1 Å². The predicted octanol–water partition coefficient (Wildman–Crippen LogP) is -1.65. The molecule has 0 saturated heterocycles. The molecule has 0 aromatic heterocycles. The Bertz CT molecular complexity index is 15.1. The van der Waals surface area contributed by atoms with E-state index < -0.39 is 0 Å². The van der Waals surface area contributed by atoms with E-state index in [4.69, 9.17) is 5.73 Å². The predicted molar refractivity (Wildman–Crippen MR) is 24.2 cm³/mol. The summed E-state index contributed by atoms with van der Waals surface area (Å²) < 4.78 is 2.83. The zero-order chi connectivity index (χ0) is 4.12. The van der Waals surface area contributed by atoms with Gasteiger partial charge in [-0.05, 0) is 0 Å². The molecule has 0 spiro atoms. The fourth-order valence-electron chi connectivity index (χ4n) is 0.0645. The van der Waals surface area contributed by atoms with E-state index in [1.807, 2.05) is 0 Å². The molecule has 0 bridgehead atoms. The molecular formula is C2H8N2Se. The van der Waals surface area contributed by atoms with Gasteiger partial charge in [-0.1, -0.05) is 0 Å². The first-order valence-electron chi connectivity index (χ1n) is 1.49. The number of hydrogen-bond donors (Lipinski definition) is 2. The van der Waals surface area contributed by atoms with Crippen molar-refractivity contribution < 1.29 is 0 Å². The molecule has 0 atom stereocenters. The molecule has 0 aromatic carbocycles. The summed E-state index contributed by atoms with van der Waals surface area (Å²) in [5.74, 6) is 0. The standard InChI is InChI=1S/C2H8N2Se/c3-1-2-4-5/h4-5H,1-3H2. The molecule has 0 aliphatic carbocycles. The Morgan fingerprint density at radius 1 is 1.80 bits per heavy atom. The van der Waals surface area contributed by atoms with Gasteiger partial charge in [0, 0.05) is 0 Å². The average Bonchev–Trinajstić information content (AvgIpc) is 1.41. The Balaban J connectivity index is 2.19. The van der Waals surface area contributed by atoms with Crippen LogP contribution in [0.2, 0.25) is 0 Å². The average molecular weight is 139 g/mol. The normalized spacial score (nSPS) is 8.40. The maximum absolute atomic E-state index is 5.07. The van der Waals surface area contributed by atoms with Gasteiger partial charge in [0.05, 0.1) is 0 Å². The fraction of sp³-hybridized carbons (Fsp3) is 1.00. The molecule has 0 saturated carbocycles. The minimum atomic E-state index is 0.717. The van der Waals surface area contributed by atoms with Crippen LogP contribution in [0.1, 0.15) is 0 Å². The van der Waals surface area contributed by atoms with Crippen LogP contribution in [-0.2, 0) is 0 Å². The third-order valence-corrected chi connectivity index (χ3v) is 0.725. The molecular weight excluding hydrogens is 131 g/mol. The van der Waals surface area contributed by atoms with E-state index in [2.05, 4.69) is 20.6 Å². The fourth-order valence-corrected chi connectivity index (χ4v) is 0.335. The molecule has 3 heteroatoms. The summed E-state index contributed by atoms with van der Waals surface area (Å²) in [4.78, 5) is 0. The van der Waals surface area contributed by atoms with Crippen LogP contribution in [0.5, 0.6) is 0 Å². The molecule has 0 aromatic rings. The topological polar surface area (TPSA) is 38.0 Å². The second kappa shape index (κ2) is 4.44. The molecule has 0 amide bonds. The van der Waals surface area contributed by atoms with E-state index in [0.717, 1.165) is 13.1 Å². The van der Waals surface area contributed by atoms with Crippen molar-refractivity contribution in [1.29, 1.82) is 0 Å². The second-order valence-corrected chi connectivity index (χ2v) is 1.36. The van der Waals surface area contributed by atoms with Gasteiger partial charge >= 0.3 is 39.4 Å². The van der Waals surface area contributed by atoms with E-state index in [0.29, 0.717) is 0 Å². The van der Waals surface area contributed by atoms with Crippen molar-refractivity contribution in [2.24, 2.45) is 5.73 Å². The summed E-state index contributed by atoms with van der Waals surface area (Å²) in [6, 6.07) is 0. The van der Waals surface area contributed by atoms with Crippen LogP contribution in [0.25, 0.3) is 0 Å². The Kier molecular flexibility index (Phi) is 4.83. The summed E-state index contributed by atoms with van der Waals surface area (Å²) in [6.45, 7) is 1.61. The number of rotatable bonds is 2. The first-order valence-corrected chi connectivity index (χ1v) is 2.42. The molecule has 0 fully saturated rings. The van der Waals surface area contributed by atoms with E-state index in [-0.39, 0.29) is 0 Å². The Morgan fingerprint density at radius 3 is 2.40 bits per heavy atom. The van der Waals surface area contributed by atoms with Crippen molar-refractivity contribution in [3.8, 4) is 0 Å². The zero-order valence-corrected chi connectivity index (χ0v) is 4.82. The molecule has 0 heterocycles. The van der Waals surface area contributed by atoms with Gasteiger partial charge in [0.2, 0.25) is 0 Å². The second-order valence-electron chi connectivity index (χ2n) is 0.697. The van der Waals surface area contributed by atoms with Crippen LogP contribution in [0.3, 0.4) is 0 Å². The van der Waals surface area contributed by atoms with Crippen LogP contribution < -0.4 is 10.1 Å². The molecule has 0 aliphatic heterocycles. The molecule has 0 aliphatic rings. The van der Waals surface area contributed by atoms with Crippen LogP contribution in [0.15, 0.2) is 0 Å². The van der Waals surface area contributed by atoms with Crippen LogP contribution in [-0.4, -0.2) is 29.3 Å². The summed E-state index contributed by atoms with van der Waals surface area (Å²) >= 11 is 2.25. The van der Waals surface area contributed by atoms with Crippen LogP contribution in [0.4, 0.5) is 0 Å². The molecule has 0 unspecified atom stereocenters. The molecule has 0 radical (unpaired) electrons. The van der Waals surface area contributed by atoms with Crippen molar-refractivity contribution in [1.82, 2.24) is 4.33 Å². The van der Waals surface area contributed by atoms with Crippen molar-refractivity contribution in [3.63, 3.8) is 0 Å². The maximum atomic E-state index is 5.07. The molecule has 5 heavy (non-hydrogen) atoms. The third-order valence-electron chi connectivity index (χ3n) is 0.256. The molecule has 2 nitrogen and oxygen atoms in total. The number of nitrogens with two attached hydrogens (primary N) is 1. The Hall–Kier alpha value is 0.439. The first kappa shape index (κ1) is 5.44. The van der Waals surface area contributed by atoms with E-state index in [1.54, 1.807) is 0 Å². The van der Waals surface area contributed by atoms with Gasteiger partial charge in [-0.15, -0.1) is 0 Å². The van der Waals surface area contributed by atoms with E-state index in [1.165, 1.54) is 0 Å². The van der Waals surface area contributed by atoms with Crippen molar-refractivity contribution in [3.05, 3.63) is 0 Å². The summed E-state index contributed by atoms with van der Waals surface area (Å²) in [6.07, 6.45) is 0. The SMILES string of the molecule is NCCN[SeH]. The molecule has 0 rings (SSSR count). The van der Waals surface area contributed by atoms with Crippen LogP contribution >= 0.6 is 0 Å². The van der Waals surface area contributed by atoms with Gasteiger partial charge in [0.15, 0.2) is 0 Å². The van der Waals surface area contributed by atoms with Gasteiger partial charge in [-0.25, -0.2) is 0 Å². The van der Waals surface area contributed by atoms with Gasteiger partial charge in [0.1, 0.15) is 0 Å². The minimum absolute atomic E-state index is 0.717. The van der Waals surface area contributed by atoms with Crippen molar-refractivity contribution in [2.45, 2.75) is 0 Å². The van der Waals surface area contributed by atoms with Gasteiger partial charge in [-0.2, -0.15) is 0 Å². The summed E-state index contributed by atoms with van der Waals surface area (Å²) in [5, 5.41) is 0. The first-order chi connectivity index (χ1) is 2.41. The molecule has 32 valence electrons. The van der Waals surface area contributed by atoms with Gasteiger partial charge in [0.25, 0.3) is 0 Å². The van der Waals surface area contributed by atoms with Crippen molar-refractivity contribution in [2.75, 3.05) is 13.1 Å². The number of nitrogens with one attached hydrogen (secondary N) is 1. The van der Waals surface area contributed by atoms with E-state index in [9.17, 15) is 0 Å². The quantitative estimate of drug-likeness (QED) is 0.450. The Morgan fingerprint density at radius 2 is 2.40 bits per heavy atom. The summed E-state index contributed by atoms with van der Waals surface area (Å²) in [5.41, 5.74) is 5.07.